The maximum atomic E-state index is 13.1. The van der Waals surface area contributed by atoms with Crippen LogP contribution in [0.25, 0.3) is 11.0 Å². The molecule has 6 heteroatoms. The van der Waals surface area contributed by atoms with Gasteiger partial charge in [0.1, 0.15) is 22.6 Å². The monoisotopic (exact) mass is 426 g/mol. The first-order chi connectivity index (χ1) is 15.4. The fourth-order valence-corrected chi connectivity index (χ4v) is 4.25. The molecule has 2 heterocycles. The Balaban J connectivity index is 1.75. The van der Waals surface area contributed by atoms with Gasteiger partial charge < -0.3 is 19.9 Å². The molecule has 0 saturated heterocycles. The number of aliphatic imine (C=N–C) groups is 1. The summed E-state index contributed by atoms with van der Waals surface area (Å²) in [6.45, 7) is 3.71. The van der Waals surface area contributed by atoms with Gasteiger partial charge in [-0.25, -0.2) is 4.79 Å². The van der Waals surface area contributed by atoms with Crippen LogP contribution in [0.2, 0.25) is 0 Å². The zero-order valence-corrected chi connectivity index (χ0v) is 17.7. The van der Waals surface area contributed by atoms with Crippen molar-refractivity contribution in [1.82, 2.24) is 0 Å². The summed E-state index contributed by atoms with van der Waals surface area (Å²) in [6.07, 6.45) is 0.312. The molecule has 1 aliphatic heterocycles. The van der Waals surface area contributed by atoms with Crippen LogP contribution in [0.3, 0.4) is 0 Å². The number of nitrogens with one attached hydrogen (secondary N) is 1. The van der Waals surface area contributed by atoms with E-state index in [1.165, 1.54) is 0 Å². The van der Waals surface area contributed by atoms with Gasteiger partial charge in [-0.15, -0.1) is 0 Å². The maximum absolute atomic E-state index is 13.1. The number of phenolic OH excluding ortho intramolecular Hbond substituents is 1. The average molecular weight is 426 g/mol. The average Bonchev–Trinajstić information content (AvgIpc) is 2.96. The lowest BCUT2D eigenvalue weighted by Crippen LogP contribution is -2.20. The van der Waals surface area contributed by atoms with E-state index in [9.17, 15) is 15.0 Å². The Labute approximate surface area is 184 Å². The van der Waals surface area contributed by atoms with Crippen LogP contribution in [0.15, 0.2) is 74.9 Å². The molecule has 0 fully saturated rings. The van der Waals surface area contributed by atoms with E-state index in [-0.39, 0.29) is 23.1 Å². The molecule has 0 bridgehead atoms. The van der Waals surface area contributed by atoms with Crippen molar-refractivity contribution in [2.75, 3.05) is 5.32 Å². The molecule has 160 valence electrons. The van der Waals surface area contributed by atoms with E-state index < -0.39 is 5.63 Å². The number of hydrogen-bond donors (Lipinski definition) is 3. The van der Waals surface area contributed by atoms with Crippen LogP contribution in [-0.2, 0) is 0 Å². The second kappa shape index (κ2) is 7.57. The second-order valence-electron chi connectivity index (χ2n) is 8.09. The zero-order chi connectivity index (χ0) is 22.4. The first-order valence-corrected chi connectivity index (χ1v) is 10.4. The number of benzene rings is 3. The third kappa shape index (κ3) is 3.30. The van der Waals surface area contributed by atoms with Crippen LogP contribution in [0.5, 0.6) is 11.5 Å². The number of nitrogens with zero attached hydrogens (tertiary/aromatic N) is 1. The Bertz CT molecular complexity index is 1450. The molecule has 6 nitrogen and oxygen atoms in total. The minimum atomic E-state index is -0.628. The molecule has 3 N–H and O–H groups in total. The Morgan fingerprint density at radius 2 is 1.78 bits per heavy atom. The van der Waals surface area contributed by atoms with Crippen molar-refractivity contribution < 1.29 is 14.6 Å². The molecule has 5 rings (SSSR count). The largest absolute Gasteiger partial charge is 0.508 e. The van der Waals surface area contributed by atoms with Gasteiger partial charge in [-0.2, -0.15) is 0 Å². The van der Waals surface area contributed by atoms with Gasteiger partial charge in [0.25, 0.3) is 0 Å². The molecule has 0 saturated carbocycles. The predicted molar refractivity (Wildman–Crippen MR) is 125 cm³/mol. The van der Waals surface area contributed by atoms with Gasteiger partial charge >= 0.3 is 5.63 Å². The number of rotatable bonds is 2. The molecule has 32 heavy (non-hydrogen) atoms. The normalized spacial score (nSPS) is 15.6. The Hall–Kier alpha value is -4.06. The minimum absolute atomic E-state index is 0.0647. The molecule has 1 aromatic heterocycles. The van der Waals surface area contributed by atoms with E-state index >= 15 is 0 Å². The van der Waals surface area contributed by atoms with Gasteiger partial charge in [-0.05, 0) is 54.8 Å². The van der Waals surface area contributed by atoms with Crippen LogP contribution < -0.4 is 10.9 Å². The van der Waals surface area contributed by atoms with E-state index in [0.29, 0.717) is 28.8 Å². The second-order valence-corrected chi connectivity index (χ2v) is 8.09. The SMILES string of the molecule is Cc1ccc(C)c2c(O)c(C3=Nc4ccccc4NC(c4cccc(O)c4)C3)c(=O)oc12. The molecule has 4 aromatic rings. The lowest BCUT2D eigenvalue weighted by molar-refractivity contribution is 0.465. The smallest absolute Gasteiger partial charge is 0.349 e. The number of hydrogen-bond acceptors (Lipinski definition) is 6. The third-order valence-electron chi connectivity index (χ3n) is 5.88. The number of para-hydroxylation sites is 2. The van der Waals surface area contributed by atoms with E-state index in [2.05, 4.69) is 5.32 Å². The van der Waals surface area contributed by atoms with Crippen molar-refractivity contribution in [3.8, 4) is 11.5 Å². The summed E-state index contributed by atoms with van der Waals surface area (Å²) in [5.74, 6) is 0.0322. The standard InChI is InChI=1S/C26H22N2O4/c1-14-10-11-15(2)25-22(14)24(30)23(26(31)32-25)21-13-20(16-6-5-7-17(29)12-16)27-18-8-3-4-9-19(18)28-21/h3-12,20,27,29-30H,13H2,1-2H3. The van der Waals surface area contributed by atoms with Crippen molar-refractivity contribution in [3.63, 3.8) is 0 Å². The van der Waals surface area contributed by atoms with Gasteiger partial charge in [0.05, 0.1) is 28.5 Å². The summed E-state index contributed by atoms with van der Waals surface area (Å²) >= 11 is 0. The molecular formula is C26H22N2O4. The minimum Gasteiger partial charge on any atom is -0.508 e. The molecule has 1 aliphatic rings. The Kier molecular flexibility index (Phi) is 4.70. The maximum Gasteiger partial charge on any atom is 0.349 e. The van der Waals surface area contributed by atoms with E-state index in [0.717, 1.165) is 22.4 Å². The molecule has 0 radical (unpaired) electrons. The van der Waals surface area contributed by atoms with Crippen LogP contribution in [0.1, 0.15) is 34.7 Å². The molecule has 1 unspecified atom stereocenters. The summed E-state index contributed by atoms with van der Waals surface area (Å²) in [7, 11) is 0. The summed E-state index contributed by atoms with van der Waals surface area (Å²) in [5.41, 5.74) is 4.12. The molecule has 0 spiro atoms. The van der Waals surface area contributed by atoms with E-state index in [1.54, 1.807) is 18.2 Å². The summed E-state index contributed by atoms with van der Waals surface area (Å²) in [4.78, 5) is 17.8. The van der Waals surface area contributed by atoms with Crippen LogP contribution in [0, 0.1) is 13.8 Å². The van der Waals surface area contributed by atoms with Crippen molar-refractivity contribution in [2.45, 2.75) is 26.3 Å². The highest BCUT2D eigenvalue weighted by atomic mass is 16.4. The van der Waals surface area contributed by atoms with Crippen molar-refractivity contribution >= 4 is 28.1 Å². The highest BCUT2D eigenvalue weighted by molar-refractivity contribution is 6.09. The highest BCUT2D eigenvalue weighted by Crippen LogP contribution is 2.38. The number of anilines is 1. The van der Waals surface area contributed by atoms with Gasteiger partial charge in [-0.1, -0.05) is 36.4 Å². The van der Waals surface area contributed by atoms with Crippen molar-refractivity contribution in [1.29, 1.82) is 0 Å². The molecule has 0 aliphatic carbocycles. The first kappa shape index (κ1) is 19.9. The van der Waals surface area contributed by atoms with Crippen LogP contribution >= 0.6 is 0 Å². The molecule has 1 atom stereocenters. The Morgan fingerprint density at radius 3 is 2.59 bits per heavy atom. The van der Waals surface area contributed by atoms with Gasteiger partial charge in [0.15, 0.2) is 0 Å². The molecule has 3 aromatic carbocycles. The van der Waals surface area contributed by atoms with E-state index in [1.807, 2.05) is 56.3 Å². The number of aryl methyl sites for hydroxylation is 2. The zero-order valence-electron chi connectivity index (χ0n) is 17.7. The number of phenols is 1. The fourth-order valence-electron chi connectivity index (χ4n) is 4.25. The summed E-state index contributed by atoms with van der Waals surface area (Å²) < 4.78 is 5.67. The van der Waals surface area contributed by atoms with Crippen molar-refractivity contribution in [3.05, 3.63) is 93.3 Å². The van der Waals surface area contributed by atoms with Gasteiger partial charge in [0.2, 0.25) is 0 Å². The Morgan fingerprint density at radius 1 is 1.00 bits per heavy atom. The highest BCUT2D eigenvalue weighted by Gasteiger charge is 2.27. The number of aromatic hydroxyl groups is 2. The lowest BCUT2D eigenvalue weighted by Gasteiger charge is -2.19. The summed E-state index contributed by atoms with van der Waals surface area (Å²) in [6, 6.07) is 18.0. The quantitative estimate of drug-likeness (QED) is 0.368. The van der Waals surface area contributed by atoms with Gasteiger partial charge in [-0.3, -0.25) is 4.99 Å². The lowest BCUT2D eigenvalue weighted by atomic mass is 9.95. The molecular weight excluding hydrogens is 404 g/mol. The topological polar surface area (TPSA) is 95.1 Å². The molecule has 0 amide bonds. The first-order valence-electron chi connectivity index (χ1n) is 10.4. The predicted octanol–water partition coefficient (Wildman–Crippen LogP) is 5.50. The van der Waals surface area contributed by atoms with E-state index in [4.69, 9.17) is 9.41 Å². The fraction of sp³-hybridized carbons (Fsp3) is 0.154. The van der Waals surface area contributed by atoms with Crippen molar-refractivity contribution in [2.24, 2.45) is 4.99 Å². The number of fused-ring (bicyclic) bond motifs is 2. The summed E-state index contributed by atoms with van der Waals surface area (Å²) in [5, 5.41) is 25.2. The van der Waals surface area contributed by atoms with Gasteiger partial charge in [0, 0.05) is 6.42 Å². The van der Waals surface area contributed by atoms with Crippen LogP contribution in [-0.4, -0.2) is 15.9 Å². The third-order valence-corrected chi connectivity index (χ3v) is 5.88. The van der Waals surface area contributed by atoms with Crippen LogP contribution in [0.4, 0.5) is 11.4 Å².